The first-order valence-electron chi connectivity index (χ1n) is 8.74. The van der Waals surface area contributed by atoms with Gasteiger partial charge in [-0.15, -0.1) is 0 Å². The quantitative estimate of drug-likeness (QED) is 0.654. The fourth-order valence-electron chi connectivity index (χ4n) is 2.52. The third-order valence-corrected chi connectivity index (χ3v) is 3.97. The van der Waals surface area contributed by atoms with Crippen LogP contribution in [0.4, 0.5) is 0 Å². The summed E-state index contributed by atoms with van der Waals surface area (Å²) in [6.07, 6.45) is 2.06. The fraction of sp³-hybridized carbons (Fsp3) is 0.429. The lowest BCUT2D eigenvalue weighted by Crippen LogP contribution is -2.17. The van der Waals surface area contributed by atoms with E-state index in [1.807, 2.05) is 18.2 Å². The van der Waals surface area contributed by atoms with Crippen molar-refractivity contribution in [2.24, 2.45) is 5.92 Å². The zero-order chi connectivity index (χ0) is 17.2. The first-order valence-corrected chi connectivity index (χ1v) is 8.74. The molecule has 2 aromatic carbocycles. The largest absolute Gasteiger partial charge is 0.493 e. The van der Waals surface area contributed by atoms with E-state index in [-0.39, 0.29) is 0 Å². The number of nitrogens with one attached hydrogen (secondary N) is 1. The summed E-state index contributed by atoms with van der Waals surface area (Å²) in [5.41, 5.74) is 2.50. The summed E-state index contributed by atoms with van der Waals surface area (Å²) in [7, 11) is 1.69. The van der Waals surface area contributed by atoms with Gasteiger partial charge in [0.25, 0.3) is 0 Å². The molecule has 0 saturated heterocycles. The van der Waals surface area contributed by atoms with Gasteiger partial charge in [0.1, 0.15) is 0 Å². The van der Waals surface area contributed by atoms with E-state index < -0.39 is 0 Å². The van der Waals surface area contributed by atoms with Crippen LogP contribution in [0, 0.1) is 5.92 Å². The third kappa shape index (κ3) is 5.89. The van der Waals surface area contributed by atoms with Gasteiger partial charge in [-0.2, -0.15) is 0 Å². The number of para-hydroxylation sites is 1. The highest BCUT2D eigenvalue weighted by molar-refractivity contribution is 5.46. The number of rotatable bonds is 10. The smallest absolute Gasteiger partial charge is 0.165 e. The normalized spacial score (nSPS) is 10.8. The zero-order valence-corrected chi connectivity index (χ0v) is 15.0. The Morgan fingerprint density at radius 3 is 2.50 bits per heavy atom. The highest BCUT2D eigenvalue weighted by Gasteiger charge is 2.10. The van der Waals surface area contributed by atoms with Crippen molar-refractivity contribution in [3.05, 3.63) is 59.7 Å². The standard InChI is InChI=1S/C21H29NO2/c1-17(2)13-15-24-21-19(10-7-11-20(21)23-3)16-22-14-12-18-8-5-4-6-9-18/h4-11,17,22H,12-16H2,1-3H3. The Hall–Kier alpha value is -2.00. The summed E-state index contributed by atoms with van der Waals surface area (Å²) < 4.78 is 11.5. The number of methoxy groups -OCH3 is 1. The number of hydrogen-bond donors (Lipinski definition) is 1. The summed E-state index contributed by atoms with van der Waals surface area (Å²) >= 11 is 0. The molecule has 0 atom stereocenters. The second kappa shape index (κ2) is 9.99. The van der Waals surface area contributed by atoms with E-state index >= 15 is 0 Å². The van der Waals surface area contributed by atoms with Gasteiger partial charge in [0, 0.05) is 12.1 Å². The molecule has 130 valence electrons. The van der Waals surface area contributed by atoms with Crippen LogP contribution in [0.25, 0.3) is 0 Å². The lowest BCUT2D eigenvalue weighted by atomic mass is 10.1. The molecule has 0 amide bonds. The van der Waals surface area contributed by atoms with Crippen LogP contribution in [0.15, 0.2) is 48.5 Å². The van der Waals surface area contributed by atoms with Crippen LogP contribution in [0.3, 0.4) is 0 Å². The van der Waals surface area contributed by atoms with E-state index in [0.29, 0.717) is 5.92 Å². The number of hydrogen-bond acceptors (Lipinski definition) is 3. The zero-order valence-electron chi connectivity index (χ0n) is 15.0. The van der Waals surface area contributed by atoms with Crippen molar-refractivity contribution in [2.75, 3.05) is 20.3 Å². The lowest BCUT2D eigenvalue weighted by molar-refractivity contribution is 0.269. The van der Waals surface area contributed by atoms with Gasteiger partial charge in [-0.3, -0.25) is 0 Å². The van der Waals surface area contributed by atoms with Crippen LogP contribution < -0.4 is 14.8 Å². The summed E-state index contributed by atoms with van der Waals surface area (Å²) in [6.45, 7) is 6.85. The summed E-state index contributed by atoms with van der Waals surface area (Å²) in [5.74, 6) is 2.31. The van der Waals surface area contributed by atoms with Crippen LogP contribution in [-0.2, 0) is 13.0 Å². The monoisotopic (exact) mass is 327 g/mol. The van der Waals surface area contributed by atoms with E-state index in [9.17, 15) is 0 Å². The van der Waals surface area contributed by atoms with Gasteiger partial charge in [-0.1, -0.05) is 56.3 Å². The number of ether oxygens (including phenoxy) is 2. The van der Waals surface area contributed by atoms with Gasteiger partial charge >= 0.3 is 0 Å². The van der Waals surface area contributed by atoms with Crippen LogP contribution in [0.2, 0.25) is 0 Å². The van der Waals surface area contributed by atoms with Crippen molar-refractivity contribution in [1.82, 2.24) is 5.32 Å². The Morgan fingerprint density at radius 1 is 1.00 bits per heavy atom. The van der Waals surface area contributed by atoms with Gasteiger partial charge in [-0.25, -0.2) is 0 Å². The molecular weight excluding hydrogens is 298 g/mol. The van der Waals surface area contributed by atoms with Gasteiger partial charge in [0.05, 0.1) is 13.7 Å². The van der Waals surface area contributed by atoms with Crippen LogP contribution in [0.5, 0.6) is 11.5 Å². The van der Waals surface area contributed by atoms with Crippen LogP contribution in [-0.4, -0.2) is 20.3 Å². The average Bonchev–Trinajstić information content (AvgIpc) is 2.60. The second-order valence-corrected chi connectivity index (χ2v) is 6.39. The van der Waals surface area contributed by atoms with Crippen molar-refractivity contribution in [3.63, 3.8) is 0 Å². The minimum Gasteiger partial charge on any atom is -0.493 e. The molecule has 0 spiro atoms. The van der Waals surface area contributed by atoms with Crippen molar-refractivity contribution in [2.45, 2.75) is 33.2 Å². The topological polar surface area (TPSA) is 30.5 Å². The Bertz CT molecular complexity index is 596. The predicted octanol–water partition coefficient (Wildman–Crippen LogP) is 4.45. The Morgan fingerprint density at radius 2 is 1.79 bits per heavy atom. The SMILES string of the molecule is COc1cccc(CNCCc2ccccc2)c1OCCC(C)C. The molecule has 0 saturated carbocycles. The Labute approximate surface area is 146 Å². The Balaban J connectivity index is 1.90. The molecule has 24 heavy (non-hydrogen) atoms. The van der Waals surface area contributed by atoms with Crippen molar-refractivity contribution < 1.29 is 9.47 Å². The molecule has 0 aliphatic heterocycles. The van der Waals surface area contributed by atoms with Gasteiger partial charge in [-0.05, 0) is 36.9 Å². The molecule has 0 aromatic heterocycles. The molecule has 2 rings (SSSR count). The highest BCUT2D eigenvalue weighted by Crippen LogP contribution is 2.31. The first kappa shape index (κ1) is 18.3. The molecule has 0 heterocycles. The molecule has 0 radical (unpaired) electrons. The molecule has 0 bridgehead atoms. The summed E-state index contributed by atoms with van der Waals surface area (Å²) in [6, 6.07) is 16.6. The lowest BCUT2D eigenvalue weighted by Gasteiger charge is -2.16. The molecule has 0 unspecified atom stereocenters. The van der Waals surface area contributed by atoms with Gasteiger partial charge in [0.2, 0.25) is 0 Å². The van der Waals surface area contributed by atoms with Gasteiger partial charge in [0.15, 0.2) is 11.5 Å². The van der Waals surface area contributed by atoms with E-state index in [1.165, 1.54) is 5.56 Å². The molecule has 1 N–H and O–H groups in total. The van der Waals surface area contributed by atoms with E-state index in [2.05, 4.69) is 49.5 Å². The molecule has 0 fully saturated rings. The third-order valence-electron chi connectivity index (χ3n) is 3.97. The molecule has 0 aliphatic rings. The maximum atomic E-state index is 6.02. The van der Waals surface area contributed by atoms with Crippen molar-refractivity contribution >= 4 is 0 Å². The second-order valence-electron chi connectivity index (χ2n) is 6.39. The highest BCUT2D eigenvalue weighted by atomic mass is 16.5. The van der Waals surface area contributed by atoms with Crippen molar-refractivity contribution in [3.8, 4) is 11.5 Å². The van der Waals surface area contributed by atoms with Gasteiger partial charge < -0.3 is 14.8 Å². The minimum atomic E-state index is 0.632. The van der Waals surface area contributed by atoms with E-state index in [1.54, 1.807) is 7.11 Å². The fourth-order valence-corrected chi connectivity index (χ4v) is 2.52. The summed E-state index contributed by atoms with van der Waals surface area (Å²) in [4.78, 5) is 0. The van der Waals surface area contributed by atoms with Crippen LogP contribution in [0.1, 0.15) is 31.4 Å². The molecule has 3 heteroatoms. The summed E-state index contributed by atoms with van der Waals surface area (Å²) in [5, 5.41) is 3.51. The molecule has 2 aromatic rings. The first-order chi connectivity index (χ1) is 11.7. The van der Waals surface area contributed by atoms with E-state index in [0.717, 1.165) is 49.6 Å². The maximum absolute atomic E-state index is 6.02. The maximum Gasteiger partial charge on any atom is 0.165 e. The Kier molecular flexibility index (Phi) is 7.63. The van der Waals surface area contributed by atoms with E-state index in [4.69, 9.17) is 9.47 Å². The van der Waals surface area contributed by atoms with Crippen molar-refractivity contribution in [1.29, 1.82) is 0 Å². The minimum absolute atomic E-state index is 0.632. The van der Waals surface area contributed by atoms with Crippen LogP contribution >= 0.6 is 0 Å². The molecular formula is C21H29NO2. The average molecular weight is 327 g/mol. The number of benzene rings is 2. The molecule has 0 aliphatic carbocycles. The predicted molar refractivity (Wildman–Crippen MR) is 99.8 cm³/mol. The molecule has 3 nitrogen and oxygen atoms in total.